The lowest BCUT2D eigenvalue weighted by Crippen LogP contribution is -2.53. The molecule has 1 aromatic rings. The molecule has 4 saturated carbocycles. The summed E-state index contributed by atoms with van der Waals surface area (Å²) in [5.74, 6) is 3.91. The quantitative estimate of drug-likeness (QED) is 0.814. The molecule has 5 rings (SSSR count). The number of nitrogens with zero attached hydrogens (tertiary/aromatic N) is 1. The fourth-order valence-electron chi connectivity index (χ4n) is 5.22. The number of hydrogen-bond donors (Lipinski definition) is 0. The number of ether oxygens (including phenoxy) is 1. The number of rotatable bonds is 3. The Kier molecular flexibility index (Phi) is 3.85. The lowest BCUT2D eigenvalue weighted by molar-refractivity contribution is -0.107. The van der Waals surface area contributed by atoms with Gasteiger partial charge in [0.25, 0.3) is 0 Å². The smallest absolute Gasteiger partial charge is 0.120 e. The van der Waals surface area contributed by atoms with Crippen LogP contribution in [0.3, 0.4) is 0 Å². The first kappa shape index (κ1) is 15.0. The van der Waals surface area contributed by atoms with Crippen molar-refractivity contribution in [2.45, 2.75) is 44.1 Å². The summed E-state index contributed by atoms with van der Waals surface area (Å²) in [7, 11) is 4.16. The summed E-state index contributed by atoms with van der Waals surface area (Å²) in [5, 5.41) is 0. The molecule has 4 fully saturated rings. The van der Waals surface area contributed by atoms with Crippen LogP contribution in [0.2, 0.25) is 0 Å². The standard InChI is InChI=1S/C18H25NO.ClH/c1-19(2)16-3-5-17(6-4-16)20-18-10-13-7-14(11-18)9-15(8-13)12-18;/h3-6,13-15H,7-12H2,1-2H3;1H. The van der Waals surface area contributed by atoms with Gasteiger partial charge >= 0.3 is 0 Å². The molecular formula is C18H26ClNO. The van der Waals surface area contributed by atoms with E-state index in [0.29, 0.717) is 0 Å². The van der Waals surface area contributed by atoms with Gasteiger partial charge in [0, 0.05) is 19.8 Å². The first-order chi connectivity index (χ1) is 9.62. The highest BCUT2D eigenvalue weighted by atomic mass is 35.5. The molecule has 21 heavy (non-hydrogen) atoms. The molecule has 0 radical (unpaired) electrons. The van der Waals surface area contributed by atoms with E-state index in [1.54, 1.807) is 0 Å². The summed E-state index contributed by atoms with van der Waals surface area (Å²) >= 11 is 0. The average Bonchev–Trinajstić information content (AvgIpc) is 2.37. The summed E-state index contributed by atoms with van der Waals surface area (Å²) in [6, 6.07) is 8.62. The minimum absolute atomic E-state index is 0. The van der Waals surface area contributed by atoms with E-state index in [1.165, 1.54) is 44.2 Å². The zero-order chi connectivity index (χ0) is 13.7. The highest BCUT2D eigenvalue weighted by Gasteiger charge is 2.52. The third-order valence-electron chi connectivity index (χ3n) is 5.67. The van der Waals surface area contributed by atoms with Crippen LogP contribution in [0.15, 0.2) is 24.3 Å². The summed E-state index contributed by atoms with van der Waals surface area (Å²) < 4.78 is 6.53. The van der Waals surface area contributed by atoms with Crippen LogP contribution in [0.5, 0.6) is 5.75 Å². The van der Waals surface area contributed by atoms with E-state index in [-0.39, 0.29) is 18.0 Å². The lowest BCUT2D eigenvalue weighted by Gasteiger charge is -2.56. The molecule has 0 amide bonds. The van der Waals surface area contributed by atoms with Crippen molar-refractivity contribution in [1.29, 1.82) is 0 Å². The van der Waals surface area contributed by atoms with E-state index in [0.717, 1.165) is 23.5 Å². The first-order valence-corrected chi connectivity index (χ1v) is 8.08. The second kappa shape index (κ2) is 5.39. The third-order valence-corrected chi connectivity index (χ3v) is 5.67. The maximum Gasteiger partial charge on any atom is 0.120 e. The summed E-state index contributed by atoms with van der Waals surface area (Å²) in [6.07, 6.45) is 8.32. The van der Waals surface area contributed by atoms with Gasteiger partial charge in [0.15, 0.2) is 0 Å². The Morgan fingerprint density at radius 2 is 1.38 bits per heavy atom. The molecule has 4 aliphatic carbocycles. The van der Waals surface area contributed by atoms with Crippen molar-refractivity contribution in [2.75, 3.05) is 19.0 Å². The molecule has 0 atom stereocenters. The van der Waals surface area contributed by atoms with Gasteiger partial charge < -0.3 is 9.64 Å². The van der Waals surface area contributed by atoms with Crippen molar-refractivity contribution in [1.82, 2.24) is 0 Å². The number of hydrogen-bond acceptors (Lipinski definition) is 2. The molecule has 1 aromatic carbocycles. The predicted octanol–water partition coefficient (Wildman–Crippen LogP) is 4.52. The van der Waals surface area contributed by atoms with Gasteiger partial charge in [-0.15, -0.1) is 12.4 Å². The number of benzene rings is 1. The molecule has 0 saturated heterocycles. The summed E-state index contributed by atoms with van der Waals surface area (Å²) in [5.41, 5.74) is 1.41. The van der Waals surface area contributed by atoms with Crippen LogP contribution in [0, 0.1) is 17.8 Å². The fraction of sp³-hybridized carbons (Fsp3) is 0.667. The molecule has 0 heterocycles. The Bertz CT molecular complexity index is 461. The third kappa shape index (κ3) is 2.75. The molecule has 0 N–H and O–H groups in total. The summed E-state index contributed by atoms with van der Waals surface area (Å²) in [4.78, 5) is 2.13. The van der Waals surface area contributed by atoms with Crippen LogP contribution in [-0.2, 0) is 0 Å². The van der Waals surface area contributed by atoms with Gasteiger partial charge in [-0.1, -0.05) is 0 Å². The van der Waals surface area contributed by atoms with Crippen LogP contribution in [0.1, 0.15) is 38.5 Å². The van der Waals surface area contributed by atoms with Crippen LogP contribution < -0.4 is 9.64 Å². The van der Waals surface area contributed by atoms with E-state index in [9.17, 15) is 0 Å². The Morgan fingerprint density at radius 1 is 0.905 bits per heavy atom. The molecule has 2 nitrogen and oxygen atoms in total. The highest BCUT2D eigenvalue weighted by molar-refractivity contribution is 5.85. The normalized spacial score (nSPS) is 36.2. The fourth-order valence-corrected chi connectivity index (χ4v) is 5.22. The van der Waals surface area contributed by atoms with Gasteiger partial charge in [0.05, 0.1) is 0 Å². The van der Waals surface area contributed by atoms with E-state index < -0.39 is 0 Å². The maximum absolute atomic E-state index is 6.53. The highest BCUT2D eigenvalue weighted by Crippen LogP contribution is 2.57. The van der Waals surface area contributed by atoms with Crippen LogP contribution >= 0.6 is 12.4 Å². The topological polar surface area (TPSA) is 12.5 Å². The van der Waals surface area contributed by atoms with Crippen molar-refractivity contribution in [3.63, 3.8) is 0 Å². The van der Waals surface area contributed by atoms with Gasteiger partial charge in [-0.3, -0.25) is 0 Å². The monoisotopic (exact) mass is 307 g/mol. The van der Waals surface area contributed by atoms with E-state index in [4.69, 9.17) is 4.74 Å². The molecule has 0 unspecified atom stereocenters. The van der Waals surface area contributed by atoms with Gasteiger partial charge in [-0.2, -0.15) is 0 Å². The van der Waals surface area contributed by atoms with Gasteiger partial charge in [0.2, 0.25) is 0 Å². The number of anilines is 1. The van der Waals surface area contributed by atoms with Crippen molar-refractivity contribution in [2.24, 2.45) is 17.8 Å². The average molecular weight is 308 g/mol. The minimum atomic E-state index is 0. The Hall–Kier alpha value is -0.890. The van der Waals surface area contributed by atoms with E-state index >= 15 is 0 Å². The van der Waals surface area contributed by atoms with E-state index in [2.05, 4.69) is 43.3 Å². The SMILES string of the molecule is CN(C)c1ccc(OC23CC4CC(CC(C4)C2)C3)cc1.Cl. The van der Waals surface area contributed by atoms with Crippen molar-refractivity contribution >= 4 is 18.1 Å². The Morgan fingerprint density at radius 3 is 1.81 bits per heavy atom. The zero-order valence-electron chi connectivity index (χ0n) is 13.0. The molecule has 4 bridgehead atoms. The zero-order valence-corrected chi connectivity index (χ0v) is 13.9. The number of halogens is 1. The first-order valence-electron chi connectivity index (χ1n) is 8.08. The predicted molar refractivity (Wildman–Crippen MR) is 89.5 cm³/mol. The minimum Gasteiger partial charge on any atom is -0.487 e. The van der Waals surface area contributed by atoms with Crippen LogP contribution in [-0.4, -0.2) is 19.7 Å². The van der Waals surface area contributed by atoms with Gasteiger partial charge in [-0.05, 0) is 80.5 Å². The van der Waals surface area contributed by atoms with Crippen LogP contribution in [0.4, 0.5) is 5.69 Å². The molecule has 3 heteroatoms. The Labute approximate surface area is 134 Å². The largest absolute Gasteiger partial charge is 0.487 e. The van der Waals surface area contributed by atoms with Gasteiger partial charge in [-0.25, -0.2) is 0 Å². The van der Waals surface area contributed by atoms with Gasteiger partial charge in [0.1, 0.15) is 11.4 Å². The molecule has 0 aliphatic heterocycles. The molecule has 4 aliphatic rings. The lowest BCUT2D eigenvalue weighted by atomic mass is 9.54. The molecule has 0 aromatic heterocycles. The second-order valence-corrected chi connectivity index (χ2v) is 7.59. The maximum atomic E-state index is 6.53. The second-order valence-electron chi connectivity index (χ2n) is 7.59. The van der Waals surface area contributed by atoms with Crippen molar-refractivity contribution in [3.05, 3.63) is 24.3 Å². The Balaban J connectivity index is 0.00000132. The van der Waals surface area contributed by atoms with Crippen molar-refractivity contribution < 1.29 is 4.74 Å². The summed E-state index contributed by atoms with van der Waals surface area (Å²) in [6.45, 7) is 0. The molecule has 116 valence electrons. The molecular weight excluding hydrogens is 282 g/mol. The van der Waals surface area contributed by atoms with Crippen molar-refractivity contribution in [3.8, 4) is 5.75 Å². The van der Waals surface area contributed by atoms with E-state index in [1.807, 2.05) is 0 Å². The molecule has 0 spiro atoms. The van der Waals surface area contributed by atoms with Crippen LogP contribution in [0.25, 0.3) is 0 Å².